The third-order valence-electron chi connectivity index (χ3n) is 2.64. The summed E-state index contributed by atoms with van der Waals surface area (Å²) in [5, 5.41) is 5.93. The lowest BCUT2D eigenvalue weighted by Crippen LogP contribution is -2.29. The van der Waals surface area contributed by atoms with E-state index in [1.54, 1.807) is 11.3 Å². The number of aryl methyl sites for hydroxylation is 2. The van der Waals surface area contributed by atoms with Crippen LogP contribution in [0.1, 0.15) is 40.4 Å². The number of likely N-dealkylation sites (N-methyl/N-ethyl adjacent to an activating group) is 1. The molecule has 0 atom stereocenters. The number of hydrogen-bond acceptors (Lipinski definition) is 3. The molecule has 1 aromatic rings. The maximum atomic E-state index is 11.9. The van der Waals surface area contributed by atoms with Crippen LogP contribution in [-0.2, 0) is 12.8 Å². The monoisotopic (exact) mass is 290 g/mol. The average Bonchev–Trinajstić information content (AvgIpc) is 2.73. The molecular weight excluding hydrogens is 268 g/mol. The van der Waals surface area contributed by atoms with Gasteiger partial charge in [-0.15, -0.1) is 23.7 Å². The van der Waals surface area contributed by atoms with Crippen LogP contribution in [0.5, 0.6) is 0 Å². The smallest absolute Gasteiger partial charge is 0.261 e. The van der Waals surface area contributed by atoms with Crippen molar-refractivity contribution in [3.63, 3.8) is 0 Å². The van der Waals surface area contributed by atoms with Crippen molar-refractivity contribution in [2.75, 3.05) is 20.1 Å². The van der Waals surface area contributed by atoms with Crippen LogP contribution in [0, 0.1) is 0 Å². The summed E-state index contributed by atoms with van der Waals surface area (Å²) in [6, 6.07) is 2.05. The Kier molecular flexibility index (Phi) is 9.06. The Morgan fingerprint density at radius 2 is 2.06 bits per heavy atom. The molecule has 104 valence electrons. The summed E-state index contributed by atoms with van der Waals surface area (Å²) in [6.45, 7) is 5.80. The number of carbonyl (C=O) groups is 1. The minimum atomic E-state index is 0. The number of halogens is 1. The van der Waals surface area contributed by atoms with Crippen LogP contribution in [0.2, 0.25) is 0 Å². The normalized spacial score (nSPS) is 9.94. The first-order valence-electron chi connectivity index (χ1n) is 6.27. The van der Waals surface area contributed by atoms with Crippen molar-refractivity contribution in [3.05, 3.63) is 21.4 Å². The molecule has 0 aliphatic carbocycles. The van der Waals surface area contributed by atoms with Gasteiger partial charge in [0.1, 0.15) is 0 Å². The molecular formula is C13H23ClN2OS. The minimum Gasteiger partial charge on any atom is -0.350 e. The SMILES string of the molecule is CCCc1sc(C(=O)NCCNC)cc1CC.Cl. The van der Waals surface area contributed by atoms with Gasteiger partial charge in [-0.2, -0.15) is 0 Å². The zero-order valence-electron chi connectivity index (χ0n) is 11.3. The van der Waals surface area contributed by atoms with Crippen molar-refractivity contribution < 1.29 is 4.79 Å². The van der Waals surface area contributed by atoms with Gasteiger partial charge < -0.3 is 10.6 Å². The van der Waals surface area contributed by atoms with Crippen LogP contribution < -0.4 is 10.6 Å². The molecule has 1 aromatic heterocycles. The largest absolute Gasteiger partial charge is 0.350 e. The van der Waals surface area contributed by atoms with Gasteiger partial charge in [0.15, 0.2) is 0 Å². The lowest BCUT2D eigenvalue weighted by Gasteiger charge is -2.01. The van der Waals surface area contributed by atoms with Crippen LogP contribution in [0.15, 0.2) is 6.07 Å². The van der Waals surface area contributed by atoms with Crippen LogP contribution in [-0.4, -0.2) is 26.0 Å². The predicted octanol–water partition coefficient (Wildman–Crippen LogP) is 2.63. The fraction of sp³-hybridized carbons (Fsp3) is 0.615. The van der Waals surface area contributed by atoms with E-state index >= 15 is 0 Å². The fourth-order valence-corrected chi connectivity index (χ4v) is 2.98. The highest BCUT2D eigenvalue weighted by atomic mass is 35.5. The van der Waals surface area contributed by atoms with Crippen LogP contribution >= 0.6 is 23.7 Å². The first kappa shape index (κ1) is 17.4. The number of hydrogen-bond donors (Lipinski definition) is 2. The van der Waals surface area contributed by atoms with Crippen LogP contribution in [0.4, 0.5) is 0 Å². The Hall–Kier alpha value is -0.580. The van der Waals surface area contributed by atoms with Gasteiger partial charge >= 0.3 is 0 Å². The van der Waals surface area contributed by atoms with Crippen molar-refractivity contribution >= 4 is 29.7 Å². The van der Waals surface area contributed by atoms with E-state index in [1.807, 2.05) is 13.1 Å². The second kappa shape index (κ2) is 9.36. The Balaban J connectivity index is 0.00000289. The maximum Gasteiger partial charge on any atom is 0.261 e. The van der Waals surface area contributed by atoms with E-state index in [4.69, 9.17) is 0 Å². The molecule has 0 aliphatic rings. The molecule has 3 nitrogen and oxygen atoms in total. The second-order valence-electron chi connectivity index (χ2n) is 4.02. The van der Waals surface area contributed by atoms with Gasteiger partial charge in [0.05, 0.1) is 4.88 Å². The highest BCUT2D eigenvalue weighted by Crippen LogP contribution is 2.24. The van der Waals surface area contributed by atoms with Crippen molar-refractivity contribution in [2.45, 2.75) is 33.1 Å². The molecule has 0 radical (unpaired) electrons. The van der Waals surface area contributed by atoms with E-state index in [-0.39, 0.29) is 18.3 Å². The minimum absolute atomic E-state index is 0. The summed E-state index contributed by atoms with van der Waals surface area (Å²) in [5.41, 5.74) is 1.33. The number of rotatable bonds is 7. The topological polar surface area (TPSA) is 41.1 Å². The van der Waals surface area contributed by atoms with Crippen molar-refractivity contribution in [2.24, 2.45) is 0 Å². The fourth-order valence-electron chi connectivity index (χ4n) is 1.70. The molecule has 0 unspecified atom stereocenters. The highest BCUT2D eigenvalue weighted by molar-refractivity contribution is 7.14. The average molecular weight is 291 g/mol. The molecule has 1 amide bonds. The molecule has 18 heavy (non-hydrogen) atoms. The van der Waals surface area contributed by atoms with Gasteiger partial charge in [-0.25, -0.2) is 0 Å². The quantitative estimate of drug-likeness (QED) is 0.758. The number of thiophene rings is 1. The molecule has 0 aliphatic heterocycles. The Bertz CT molecular complexity index is 366. The molecule has 5 heteroatoms. The van der Waals surface area contributed by atoms with Gasteiger partial charge in [0, 0.05) is 18.0 Å². The van der Waals surface area contributed by atoms with Gasteiger partial charge in [-0.3, -0.25) is 4.79 Å². The number of amides is 1. The Morgan fingerprint density at radius 3 is 2.61 bits per heavy atom. The summed E-state index contributed by atoms with van der Waals surface area (Å²) < 4.78 is 0. The third kappa shape index (κ3) is 4.96. The van der Waals surface area contributed by atoms with Gasteiger partial charge in [0.25, 0.3) is 5.91 Å². The van der Waals surface area contributed by atoms with E-state index in [1.165, 1.54) is 10.4 Å². The van der Waals surface area contributed by atoms with E-state index in [9.17, 15) is 4.79 Å². The van der Waals surface area contributed by atoms with Crippen molar-refractivity contribution in [1.29, 1.82) is 0 Å². The molecule has 0 aromatic carbocycles. The van der Waals surface area contributed by atoms with Crippen molar-refractivity contribution in [3.8, 4) is 0 Å². The second-order valence-corrected chi connectivity index (χ2v) is 5.16. The summed E-state index contributed by atoms with van der Waals surface area (Å²) >= 11 is 1.64. The Morgan fingerprint density at radius 1 is 1.33 bits per heavy atom. The lowest BCUT2D eigenvalue weighted by atomic mass is 10.1. The van der Waals surface area contributed by atoms with E-state index in [2.05, 4.69) is 24.5 Å². The zero-order valence-corrected chi connectivity index (χ0v) is 13.0. The summed E-state index contributed by atoms with van der Waals surface area (Å²) in [7, 11) is 1.88. The van der Waals surface area contributed by atoms with Crippen molar-refractivity contribution in [1.82, 2.24) is 10.6 Å². The molecule has 0 fully saturated rings. The first-order chi connectivity index (χ1) is 8.22. The number of nitrogens with one attached hydrogen (secondary N) is 2. The van der Waals surface area contributed by atoms with Gasteiger partial charge in [-0.05, 0) is 31.5 Å². The van der Waals surface area contributed by atoms with Crippen LogP contribution in [0.3, 0.4) is 0 Å². The van der Waals surface area contributed by atoms with E-state index < -0.39 is 0 Å². The Labute approximate surface area is 120 Å². The van der Waals surface area contributed by atoms with Gasteiger partial charge in [0.2, 0.25) is 0 Å². The first-order valence-corrected chi connectivity index (χ1v) is 7.08. The summed E-state index contributed by atoms with van der Waals surface area (Å²) in [6.07, 6.45) is 3.22. The maximum absolute atomic E-state index is 11.9. The standard InChI is InChI=1S/C13H22N2OS.ClH/c1-4-6-11-10(5-2)9-12(17-11)13(16)15-8-7-14-3;/h9,14H,4-8H2,1-3H3,(H,15,16);1H. The van der Waals surface area contributed by atoms with Gasteiger partial charge in [-0.1, -0.05) is 20.3 Å². The number of carbonyl (C=O) groups excluding carboxylic acids is 1. The van der Waals surface area contributed by atoms with E-state index in [0.717, 1.165) is 30.7 Å². The highest BCUT2D eigenvalue weighted by Gasteiger charge is 2.12. The van der Waals surface area contributed by atoms with E-state index in [0.29, 0.717) is 6.54 Å². The summed E-state index contributed by atoms with van der Waals surface area (Å²) in [4.78, 5) is 14.1. The molecule has 0 bridgehead atoms. The zero-order chi connectivity index (χ0) is 12.7. The predicted molar refractivity (Wildman–Crippen MR) is 81.2 cm³/mol. The van der Waals surface area contributed by atoms with Crippen LogP contribution in [0.25, 0.3) is 0 Å². The molecule has 1 rings (SSSR count). The third-order valence-corrected chi connectivity index (χ3v) is 3.87. The lowest BCUT2D eigenvalue weighted by molar-refractivity contribution is 0.0958. The molecule has 0 spiro atoms. The molecule has 0 saturated carbocycles. The molecule has 1 heterocycles. The summed E-state index contributed by atoms with van der Waals surface area (Å²) in [5.74, 6) is 0.0577. The molecule has 0 saturated heterocycles. The molecule has 2 N–H and O–H groups in total.